The second-order valence-electron chi connectivity index (χ2n) is 8.02. The van der Waals surface area contributed by atoms with E-state index in [2.05, 4.69) is 6.92 Å². The minimum absolute atomic E-state index is 0.292. The molecule has 0 fully saturated rings. The number of nitrogens with zero attached hydrogens (tertiary/aromatic N) is 3. The number of methoxy groups -OCH3 is 2. The van der Waals surface area contributed by atoms with E-state index in [1.807, 2.05) is 48.0 Å². The first-order valence-electron chi connectivity index (χ1n) is 11.4. The van der Waals surface area contributed by atoms with Gasteiger partial charge in [0.1, 0.15) is 5.82 Å². The van der Waals surface area contributed by atoms with E-state index < -0.39 is 11.8 Å². The van der Waals surface area contributed by atoms with Crippen molar-refractivity contribution in [2.75, 3.05) is 14.2 Å². The Kier molecular flexibility index (Phi) is 8.36. The standard InChI is InChI=1S/C26H33N3O4/c1-5-7-10-17-29-23(27-25(28-29)26(6-2,32-3)33-4)18-19-13-15-20(16-14-19)21-11-8-9-12-22(21)24(30)31/h8-9,11-16H,5-7,10,17-18H2,1-4H3,(H,30,31). The molecule has 0 saturated heterocycles. The molecule has 0 aliphatic rings. The molecule has 33 heavy (non-hydrogen) atoms. The molecule has 3 rings (SSSR count). The van der Waals surface area contributed by atoms with Crippen molar-refractivity contribution in [1.29, 1.82) is 0 Å². The number of aromatic nitrogens is 3. The SMILES string of the molecule is CCCCCn1nc(C(CC)(OC)OC)nc1Cc1ccc(-c2ccccc2C(=O)O)cc1. The molecule has 0 atom stereocenters. The van der Waals surface area contributed by atoms with Crippen molar-refractivity contribution >= 4 is 5.97 Å². The quantitative estimate of drug-likeness (QED) is 0.298. The van der Waals surface area contributed by atoms with Gasteiger partial charge in [0.05, 0.1) is 5.56 Å². The molecule has 0 radical (unpaired) electrons. The lowest BCUT2D eigenvalue weighted by molar-refractivity contribution is -0.222. The molecular weight excluding hydrogens is 418 g/mol. The Bertz CT molecular complexity index is 1050. The molecule has 7 heteroatoms. The number of rotatable bonds is 12. The van der Waals surface area contributed by atoms with Gasteiger partial charge in [-0.15, -0.1) is 0 Å². The van der Waals surface area contributed by atoms with Gasteiger partial charge in [0.2, 0.25) is 11.6 Å². The zero-order chi connectivity index (χ0) is 23.8. The van der Waals surface area contributed by atoms with E-state index in [1.165, 1.54) is 0 Å². The maximum Gasteiger partial charge on any atom is 0.336 e. The summed E-state index contributed by atoms with van der Waals surface area (Å²) in [5, 5.41) is 14.2. The third-order valence-electron chi connectivity index (χ3n) is 5.97. The first-order valence-corrected chi connectivity index (χ1v) is 11.4. The summed E-state index contributed by atoms with van der Waals surface area (Å²) in [4.78, 5) is 16.4. The summed E-state index contributed by atoms with van der Waals surface area (Å²) in [6, 6.07) is 15.0. The van der Waals surface area contributed by atoms with Crippen LogP contribution in [0.4, 0.5) is 0 Å². The number of aromatic carboxylic acids is 1. The topological polar surface area (TPSA) is 86.5 Å². The van der Waals surface area contributed by atoms with Crippen LogP contribution < -0.4 is 0 Å². The Morgan fingerprint density at radius 2 is 1.73 bits per heavy atom. The lowest BCUT2D eigenvalue weighted by Gasteiger charge is -2.26. The average molecular weight is 452 g/mol. The molecule has 176 valence electrons. The zero-order valence-electron chi connectivity index (χ0n) is 19.9. The second kappa shape index (κ2) is 11.2. The van der Waals surface area contributed by atoms with Crippen LogP contribution in [-0.2, 0) is 28.2 Å². The first kappa shape index (κ1) is 24.6. The fraction of sp³-hybridized carbons (Fsp3) is 0.423. The molecule has 7 nitrogen and oxygen atoms in total. The first-order chi connectivity index (χ1) is 16.0. The van der Waals surface area contributed by atoms with Crippen molar-refractivity contribution in [3.63, 3.8) is 0 Å². The third-order valence-corrected chi connectivity index (χ3v) is 5.97. The Morgan fingerprint density at radius 1 is 1.03 bits per heavy atom. The lowest BCUT2D eigenvalue weighted by atomic mass is 9.98. The van der Waals surface area contributed by atoms with Crippen LogP contribution >= 0.6 is 0 Å². The summed E-state index contributed by atoms with van der Waals surface area (Å²) >= 11 is 0. The maximum atomic E-state index is 11.6. The minimum atomic E-state index is -0.963. The van der Waals surface area contributed by atoms with Crippen LogP contribution in [0, 0.1) is 0 Å². The van der Waals surface area contributed by atoms with Gasteiger partial charge in [-0.25, -0.2) is 14.5 Å². The molecule has 2 aromatic carbocycles. The highest BCUT2D eigenvalue weighted by Crippen LogP contribution is 2.28. The van der Waals surface area contributed by atoms with Gasteiger partial charge in [-0.2, -0.15) is 5.10 Å². The van der Waals surface area contributed by atoms with E-state index >= 15 is 0 Å². The Labute approximate surface area is 195 Å². The van der Waals surface area contributed by atoms with E-state index in [0.717, 1.165) is 42.8 Å². The van der Waals surface area contributed by atoms with Gasteiger partial charge in [0.25, 0.3) is 0 Å². The monoisotopic (exact) mass is 451 g/mol. The number of carboxylic acids is 1. The van der Waals surface area contributed by atoms with E-state index in [9.17, 15) is 9.90 Å². The lowest BCUT2D eigenvalue weighted by Crippen LogP contribution is -2.31. The fourth-order valence-electron chi connectivity index (χ4n) is 3.98. The number of hydrogen-bond acceptors (Lipinski definition) is 5. The van der Waals surface area contributed by atoms with Gasteiger partial charge in [-0.1, -0.05) is 69.2 Å². The number of aryl methyl sites for hydroxylation is 1. The Balaban J connectivity index is 1.89. The molecule has 0 aliphatic heterocycles. The summed E-state index contributed by atoms with van der Waals surface area (Å²) in [6.07, 6.45) is 4.48. The molecule has 0 unspecified atom stereocenters. The summed E-state index contributed by atoms with van der Waals surface area (Å²) in [5.74, 6) is -0.506. The summed E-state index contributed by atoms with van der Waals surface area (Å²) in [6.45, 7) is 4.95. The van der Waals surface area contributed by atoms with Crippen molar-refractivity contribution in [3.05, 3.63) is 71.3 Å². The number of unbranched alkanes of at least 4 members (excludes halogenated alkanes) is 2. The molecule has 1 heterocycles. The van der Waals surface area contributed by atoms with Crippen LogP contribution in [0.15, 0.2) is 48.5 Å². The van der Waals surface area contributed by atoms with Gasteiger partial charge in [-0.3, -0.25) is 0 Å². The number of carboxylic acid groups (broad SMARTS) is 1. The molecule has 1 aromatic heterocycles. The maximum absolute atomic E-state index is 11.6. The molecule has 0 aliphatic carbocycles. The average Bonchev–Trinajstić information content (AvgIpc) is 3.24. The van der Waals surface area contributed by atoms with E-state index in [1.54, 1.807) is 26.4 Å². The highest BCUT2D eigenvalue weighted by Gasteiger charge is 2.35. The fourth-order valence-corrected chi connectivity index (χ4v) is 3.98. The van der Waals surface area contributed by atoms with Gasteiger partial charge in [-0.05, 0) is 29.2 Å². The largest absolute Gasteiger partial charge is 0.478 e. The van der Waals surface area contributed by atoms with Gasteiger partial charge in [0, 0.05) is 33.6 Å². The third kappa shape index (κ3) is 5.49. The van der Waals surface area contributed by atoms with Crippen molar-refractivity contribution in [2.45, 2.75) is 58.3 Å². The Hall–Kier alpha value is -3.03. The number of benzene rings is 2. The van der Waals surface area contributed by atoms with Gasteiger partial charge < -0.3 is 14.6 Å². The van der Waals surface area contributed by atoms with Crippen LogP contribution in [0.3, 0.4) is 0 Å². The van der Waals surface area contributed by atoms with Crippen molar-refractivity contribution in [1.82, 2.24) is 14.8 Å². The highest BCUT2D eigenvalue weighted by molar-refractivity contribution is 5.95. The molecule has 3 aromatic rings. The van der Waals surface area contributed by atoms with E-state index in [4.69, 9.17) is 19.6 Å². The number of ether oxygens (including phenoxy) is 2. The smallest absolute Gasteiger partial charge is 0.336 e. The van der Waals surface area contributed by atoms with Crippen LogP contribution in [0.25, 0.3) is 11.1 Å². The summed E-state index contributed by atoms with van der Waals surface area (Å²) in [7, 11) is 3.22. The molecule has 0 bridgehead atoms. The predicted molar refractivity (Wildman–Crippen MR) is 127 cm³/mol. The summed E-state index contributed by atoms with van der Waals surface area (Å²) < 4.78 is 13.3. The van der Waals surface area contributed by atoms with Gasteiger partial charge >= 0.3 is 5.97 Å². The normalized spacial score (nSPS) is 11.6. The van der Waals surface area contributed by atoms with Crippen LogP contribution in [-0.4, -0.2) is 40.1 Å². The van der Waals surface area contributed by atoms with Crippen LogP contribution in [0.5, 0.6) is 0 Å². The second-order valence-corrected chi connectivity index (χ2v) is 8.02. The molecular formula is C26H33N3O4. The van der Waals surface area contributed by atoms with Crippen LogP contribution in [0.1, 0.15) is 67.1 Å². The minimum Gasteiger partial charge on any atom is -0.478 e. The molecule has 0 spiro atoms. The van der Waals surface area contributed by atoms with Crippen molar-refractivity contribution in [3.8, 4) is 11.1 Å². The van der Waals surface area contributed by atoms with Gasteiger partial charge in [0.15, 0.2) is 0 Å². The van der Waals surface area contributed by atoms with E-state index in [0.29, 0.717) is 29.8 Å². The Morgan fingerprint density at radius 3 is 2.33 bits per heavy atom. The molecule has 0 amide bonds. The molecule has 0 saturated carbocycles. The number of hydrogen-bond donors (Lipinski definition) is 1. The zero-order valence-corrected chi connectivity index (χ0v) is 19.9. The number of carbonyl (C=O) groups is 1. The van der Waals surface area contributed by atoms with Crippen molar-refractivity contribution < 1.29 is 19.4 Å². The summed E-state index contributed by atoms with van der Waals surface area (Å²) in [5.41, 5.74) is 2.93. The van der Waals surface area contributed by atoms with Crippen molar-refractivity contribution in [2.24, 2.45) is 0 Å². The van der Waals surface area contributed by atoms with Crippen LogP contribution in [0.2, 0.25) is 0 Å². The molecule has 1 N–H and O–H groups in total. The predicted octanol–water partition coefficient (Wildman–Crippen LogP) is 5.28. The van der Waals surface area contributed by atoms with E-state index in [-0.39, 0.29) is 0 Å². The highest BCUT2D eigenvalue weighted by atomic mass is 16.7.